The van der Waals surface area contributed by atoms with Crippen molar-refractivity contribution in [1.82, 2.24) is 29.5 Å². The number of nitrogens with zero attached hydrogens (tertiary/aromatic N) is 6. The number of halogens is 1. The molecule has 0 amide bonds. The molecule has 208 valence electrons. The average molecular weight is 559 g/mol. The van der Waals surface area contributed by atoms with E-state index in [0.29, 0.717) is 23.5 Å². The van der Waals surface area contributed by atoms with Crippen LogP contribution in [0.25, 0.3) is 22.3 Å². The second-order valence-electron chi connectivity index (χ2n) is 11.3. The molecule has 9 nitrogen and oxygen atoms in total. The molecule has 0 spiro atoms. The second-order valence-corrected chi connectivity index (χ2v) is 11.7. The zero-order valence-corrected chi connectivity index (χ0v) is 23.5. The Balaban J connectivity index is 1.14. The number of hydrogen-bond acceptors (Lipinski definition) is 8. The molecule has 1 aliphatic carbocycles. The summed E-state index contributed by atoms with van der Waals surface area (Å²) in [6.07, 6.45) is 6.03. The number of fused-ring (bicyclic) bond motifs is 2. The molecule has 0 radical (unpaired) electrons. The van der Waals surface area contributed by atoms with Crippen LogP contribution in [0.3, 0.4) is 0 Å². The van der Waals surface area contributed by atoms with Gasteiger partial charge in [0.15, 0.2) is 5.65 Å². The van der Waals surface area contributed by atoms with Crippen molar-refractivity contribution < 1.29 is 4.74 Å². The van der Waals surface area contributed by atoms with Crippen molar-refractivity contribution in [3.05, 3.63) is 59.4 Å². The van der Waals surface area contributed by atoms with Crippen LogP contribution in [0.4, 0.5) is 11.5 Å². The van der Waals surface area contributed by atoms with Gasteiger partial charge in [-0.15, -0.1) is 0 Å². The molecule has 40 heavy (non-hydrogen) atoms. The first-order chi connectivity index (χ1) is 19.5. The SMILES string of the molecule is CN1CCN(C2CCC(n3nc(-c4ccc(N[C@@H]5COc6ccccc65)c(Cl)c4)c4c(N)ncnc43)CC2)CC1. The Kier molecular flexibility index (Phi) is 6.73. The number of likely N-dealkylation sites (N-methyl/N-ethyl adjacent to an activating group) is 1. The number of benzene rings is 2. The lowest BCUT2D eigenvalue weighted by molar-refractivity contribution is 0.0815. The zero-order valence-electron chi connectivity index (χ0n) is 22.8. The number of para-hydroxylation sites is 1. The van der Waals surface area contributed by atoms with Gasteiger partial charge in [-0.25, -0.2) is 14.6 Å². The lowest BCUT2D eigenvalue weighted by Gasteiger charge is -2.41. The van der Waals surface area contributed by atoms with Gasteiger partial charge in [-0.1, -0.05) is 35.9 Å². The summed E-state index contributed by atoms with van der Waals surface area (Å²) >= 11 is 6.82. The van der Waals surface area contributed by atoms with Gasteiger partial charge in [0, 0.05) is 43.3 Å². The number of nitrogens with one attached hydrogen (secondary N) is 1. The zero-order chi connectivity index (χ0) is 27.2. The van der Waals surface area contributed by atoms with E-state index in [0.717, 1.165) is 78.3 Å². The number of hydrogen-bond donors (Lipinski definition) is 2. The minimum atomic E-state index is 0.0459. The van der Waals surface area contributed by atoms with Crippen LogP contribution in [0.15, 0.2) is 48.8 Å². The van der Waals surface area contributed by atoms with Crippen LogP contribution in [0.5, 0.6) is 5.75 Å². The molecule has 3 N–H and O–H groups in total. The maximum Gasteiger partial charge on any atom is 0.164 e. The third-order valence-corrected chi connectivity index (χ3v) is 9.17. The van der Waals surface area contributed by atoms with Crippen molar-refractivity contribution in [1.29, 1.82) is 0 Å². The maximum atomic E-state index is 6.82. The molecule has 4 heterocycles. The number of aromatic nitrogens is 4. The fourth-order valence-electron chi connectivity index (χ4n) is 6.56. The third kappa shape index (κ3) is 4.66. The Morgan fingerprint density at radius 3 is 2.55 bits per heavy atom. The van der Waals surface area contributed by atoms with Crippen molar-refractivity contribution in [3.63, 3.8) is 0 Å². The summed E-state index contributed by atoms with van der Waals surface area (Å²) in [5, 5.41) is 10.1. The highest BCUT2D eigenvalue weighted by atomic mass is 35.5. The van der Waals surface area contributed by atoms with E-state index in [-0.39, 0.29) is 12.1 Å². The fraction of sp³-hybridized carbons (Fsp3) is 0.433. The van der Waals surface area contributed by atoms with Crippen molar-refractivity contribution >= 4 is 34.1 Å². The number of anilines is 2. The highest BCUT2D eigenvalue weighted by molar-refractivity contribution is 6.33. The summed E-state index contributed by atoms with van der Waals surface area (Å²) in [4.78, 5) is 14.0. The van der Waals surface area contributed by atoms with Gasteiger partial charge in [0.1, 0.15) is 30.2 Å². The van der Waals surface area contributed by atoms with E-state index >= 15 is 0 Å². The second kappa shape index (κ2) is 10.5. The quantitative estimate of drug-likeness (QED) is 0.353. The largest absolute Gasteiger partial charge is 0.491 e. The van der Waals surface area contributed by atoms with Gasteiger partial charge in [-0.05, 0) is 50.9 Å². The lowest BCUT2D eigenvalue weighted by atomic mass is 9.90. The summed E-state index contributed by atoms with van der Waals surface area (Å²) in [7, 11) is 2.21. The molecule has 10 heteroatoms. The Bertz CT molecular complexity index is 1520. The molecule has 2 aromatic heterocycles. The Morgan fingerprint density at radius 2 is 1.75 bits per heavy atom. The van der Waals surface area contributed by atoms with Crippen LogP contribution in [0, 0.1) is 0 Å². The molecular weight excluding hydrogens is 524 g/mol. The summed E-state index contributed by atoms with van der Waals surface area (Å²) in [5.74, 6) is 1.35. The topological polar surface area (TPSA) is 97.4 Å². The molecule has 1 saturated carbocycles. The summed E-state index contributed by atoms with van der Waals surface area (Å²) in [6.45, 7) is 5.20. The van der Waals surface area contributed by atoms with Crippen LogP contribution < -0.4 is 15.8 Å². The van der Waals surface area contributed by atoms with Gasteiger partial charge in [0.2, 0.25) is 0 Å². The molecular formula is C30H35ClN8O. The van der Waals surface area contributed by atoms with Gasteiger partial charge >= 0.3 is 0 Å². The fourth-order valence-corrected chi connectivity index (χ4v) is 6.79. The van der Waals surface area contributed by atoms with Crippen LogP contribution in [-0.4, -0.2) is 75.4 Å². The van der Waals surface area contributed by atoms with Crippen molar-refractivity contribution in [3.8, 4) is 17.0 Å². The van der Waals surface area contributed by atoms with E-state index < -0.39 is 0 Å². The molecule has 2 aliphatic heterocycles. The average Bonchev–Trinajstić information content (AvgIpc) is 3.57. The van der Waals surface area contributed by atoms with Gasteiger partial charge in [-0.2, -0.15) is 5.10 Å². The summed E-state index contributed by atoms with van der Waals surface area (Å²) < 4.78 is 7.93. The van der Waals surface area contributed by atoms with Gasteiger partial charge in [0.05, 0.1) is 28.2 Å². The summed E-state index contributed by atoms with van der Waals surface area (Å²) in [6, 6.07) is 15.1. The first-order valence-corrected chi connectivity index (χ1v) is 14.6. The van der Waals surface area contributed by atoms with Crippen molar-refractivity contribution in [2.75, 3.05) is 50.9 Å². The first-order valence-electron chi connectivity index (χ1n) is 14.2. The number of ether oxygens (including phenoxy) is 1. The van der Waals surface area contributed by atoms with E-state index in [1.54, 1.807) is 0 Å². The number of rotatable bonds is 5. The van der Waals surface area contributed by atoms with Crippen LogP contribution in [0.2, 0.25) is 5.02 Å². The van der Waals surface area contributed by atoms with Gasteiger partial charge in [-0.3, -0.25) is 4.90 Å². The molecule has 2 fully saturated rings. The molecule has 7 rings (SSSR count). The standard InChI is InChI=1S/C30H35ClN8O/c1-37-12-14-38(15-13-37)20-7-9-21(10-8-20)39-30-27(29(32)33-18-34-30)28(36-39)19-6-11-24(23(31)16-19)35-25-17-40-26-5-3-2-4-22(25)26/h2-6,11,16,18,20-21,25,35H,7-10,12-15,17H2,1H3,(H2,32,33,34)/t20?,21?,25-/m1/s1. The Hall–Kier alpha value is -3.40. The lowest BCUT2D eigenvalue weighted by Crippen LogP contribution is -2.49. The highest BCUT2D eigenvalue weighted by Gasteiger charge is 2.31. The Morgan fingerprint density at radius 1 is 0.975 bits per heavy atom. The van der Waals surface area contributed by atoms with E-state index in [1.807, 2.05) is 36.4 Å². The highest BCUT2D eigenvalue weighted by Crippen LogP contribution is 2.40. The predicted molar refractivity (Wildman–Crippen MR) is 159 cm³/mol. The Labute approximate surface area is 239 Å². The predicted octanol–water partition coefficient (Wildman–Crippen LogP) is 5.01. The monoisotopic (exact) mass is 558 g/mol. The minimum Gasteiger partial charge on any atom is -0.491 e. The van der Waals surface area contributed by atoms with E-state index in [2.05, 4.69) is 42.9 Å². The molecule has 4 aromatic rings. The number of nitrogens with two attached hydrogens (primary N) is 1. The van der Waals surface area contributed by atoms with E-state index in [9.17, 15) is 0 Å². The van der Waals surface area contributed by atoms with Crippen LogP contribution in [0.1, 0.15) is 43.3 Å². The normalized spacial score (nSPS) is 23.7. The van der Waals surface area contributed by atoms with Crippen molar-refractivity contribution in [2.45, 2.75) is 43.8 Å². The molecule has 1 saturated heterocycles. The van der Waals surface area contributed by atoms with Crippen molar-refractivity contribution in [2.24, 2.45) is 0 Å². The molecule has 0 unspecified atom stereocenters. The van der Waals surface area contributed by atoms with E-state index in [1.165, 1.54) is 19.2 Å². The minimum absolute atomic E-state index is 0.0459. The number of nitrogen functional groups attached to an aromatic ring is 1. The smallest absolute Gasteiger partial charge is 0.164 e. The maximum absolute atomic E-state index is 6.82. The van der Waals surface area contributed by atoms with E-state index in [4.69, 9.17) is 27.2 Å². The molecule has 2 aromatic carbocycles. The molecule has 3 aliphatic rings. The summed E-state index contributed by atoms with van der Waals surface area (Å²) in [5.41, 5.74) is 10.9. The molecule has 0 bridgehead atoms. The van der Waals surface area contributed by atoms with Gasteiger partial charge < -0.3 is 20.7 Å². The first kappa shape index (κ1) is 25.6. The van der Waals surface area contributed by atoms with Gasteiger partial charge in [0.25, 0.3) is 0 Å². The van der Waals surface area contributed by atoms with Crippen LogP contribution in [-0.2, 0) is 0 Å². The molecule has 1 atom stereocenters. The third-order valence-electron chi connectivity index (χ3n) is 8.86. The number of piperazine rings is 1. The van der Waals surface area contributed by atoms with Crippen LogP contribution >= 0.6 is 11.6 Å².